The molecule has 0 atom stereocenters. The van der Waals surface area contributed by atoms with Gasteiger partial charge in [-0.25, -0.2) is 0 Å². The maximum absolute atomic E-state index is 5.25. The molecule has 0 radical (unpaired) electrons. The number of hydrogen-bond donors (Lipinski definition) is 2. The lowest BCUT2D eigenvalue weighted by atomic mass is 10.8. The molecule has 0 heterocycles. The van der Waals surface area contributed by atoms with Crippen LogP contribution in [0.5, 0.6) is 0 Å². The Morgan fingerprint density at radius 2 is 1.20 bits per heavy atom. The maximum atomic E-state index is 5.25. The third-order valence-corrected chi connectivity index (χ3v) is 2.96. The summed E-state index contributed by atoms with van der Waals surface area (Å²) in [6, 6.07) is 0. The zero-order chi connectivity index (χ0) is 8.24. The van der Waals surface area contributed by atoms with Crippen LogP contribution in [0.15, 0.2) is 0 Å². The molecule has 0 aromatic heterocycles. The lowest BCUT2D eigenvalue weighted by Crippen LogP contribution is -2.02. The summed E-state index contributed by atoms with van der Waals surface area (Å²) in [6.07, 6.45) is 0. The van der Waals surface area contributed by atoms with E-state index in [1.807, 2.05) is 13.8 Å². The van der Waals surface area contributed by atoms with Crippen LogP contribution in [0.2, 0.25) is 0 Å². The van der Waals surface area contributed by atoms with Crippen molar-refractivity contribution in [3.63, 3.8) is 0 Å². The van der Waals surface area contributed by atoms with Crippen molar-refractivity contribution in [1.29, 1.82) is 0 Å². The lowest BCUT2D eigenvalue weighted by Gasteiger charge is -1.93. The van der Waals surface area contributed by atoms with Crippen LogP contribution in [0.1, 0.15) is 13.8 Å². The average molecular weight is 182 g/mol. The largest absolute Gasteiger partial charge is 0.330 e. The Labute approximate surface area is 71.9 Å². The normalized spacial score (nSPS) is 8.40. The van der Waals surface area contributed by atoms with Gasteiger partial charge in [-0.2, -0.15) is 0 Å². The topological polar surface area (TPSA) is 52.0 Å². The van der Waals surface area contributed by atoms with Gasteiger partial charge in [0.05, 0.1) is 0 Å². The SMILES string of the molecule is CC.NCCSSCCN. The van der Waals surface area contributed by atoms with Crippen LogP contribution in [0.4, 0.5) is 0 Å². The molecule has 0 rings (SSSR count). The third kappa shape index (κ3) is 15.8. The van der Waals surface area contributed by atoms with E-state index in [-0.39, 0.29) is 0 Å². The van der Waals surface area contributed by atoms with E-state index < -0.39 is 0 Å². The van der Waals surface area contributed by atoms with E-state index in [4.69, 9.17) is 11.5 Å². The first-order valence-electron chi connectivity index (χ1n) is 3.56. The second-order valence-corrected chi connectivity index (χ2v) is 3.92. The van der Waals surface area contributed by atoms with Gasteiger partial charge in [0.1, 0.15) is 0 Å². The van der Waals surface area contributed by atoms with Crippen molar-refractivity contribution in [1.82, 2.24) is 0 Å². The van der Waals surface area contributed by atoms with Crippen molar-refractivity contribution in [2.45, 2.75) is 13.8 Å². The average Bonchev–Trinajstić information content (AvgIpc) is 2.02. The Balaban J connectivity index is 0. The highest BCUT2D eigenvalue weighted by molar-refractivity contribution is 8.76. The highest BCUT2D eigenvalue weighted by Crippen LogP contribution is 2.18. The summed E-state index contributed by atoms with van der Waals surface area (Å²) in [5, 5.41) is 0. The molecular weight excluding hydrogens is 164 g/mol. The molecule has 0 spiro atoms. The van der Waals surface area contributed by atoms with Gasteiger partial charge in [0.25, 0.3) is 0 Å². The molecule has 4 heteroatoms. The molecule has 0 fully saturated rings. The van der Waals surface area contributed by atoms with Gasteiger partial charge in [-0.3, -0.25) is 0 Å². The summed E-state index contributed by atoms with van der Waals surface area (Å²) in [5.41, 5.74) is 10.5. The summed E-state index contributed by atoms with van der Waals surface area (Å²) < 4.78 is 0. The minimum atomic E-state index is 0.766. The Morgan fingerprint density at radius 3 is 1.40 bits per heavy atom. The quantitative estimate of drug-likeness (QED) is 0.497. The molecule has 0 aliphatic heterocycles. The summed E-state index contributed by atoms with van der Waals surface area (Å²) in [4.78, 5) is 0. The zero-order valence-corrected chi connectivity index (χ0v) is 8.43. The Kier molecular flexibility index (Phi) is 21.6. The highest BCUT2D eigenvalue weighted by Gasteiger charge is 1.84. The summed E-state index contributed by atoms with van der Waals surface area (Å²) in [5.74, 6) is 2.06. The molecule has 0 aromatic carbocycles. The van der Waals surface area contributed by atoms with Crippen LogP contribution in [0.25, 0.3) is 0 Å². The molecule has 0 aliphatic carbocycles. The minimum Gasteiger partial charge on any atom is -0.330 e. The standard InChI is InChI=1S/C4H12N2S2.C2H6/c5-1-3-7-8-4-2-6;1-2/h1-6H2;1-2H3. The van der Waals surface area contributed by atoms with Gasteiger partial charge >= 0.3 is 0 Å². The van der Waals surface area contributed by atoms with Crippen LogP contribution in [-0.4, -0.2) is 24.6 Å². The molecule has 0 saturated heterocycles. The van der Waals surface area contributed by atoms with E-state index in [1.54, 1.807) is 21.6 Å². The molecule has 0 amide bonds. The number of hydrogen-bond acceptors (Lipinski definition) is 4. The van der Waals surface area contributed by atoms with E-state index in [0.717, 1.165) is 24.6 Å². The van der Waals surface area contributed by atoms with Crippen molar-refractivity contribution in [2.24, 2.45) is 11.5 Å². The van der Waals surface area contributed by atoms with Crippen molar-refractivity contribution in [3.05, 3.63) is 0 Å². The van der Waals surface area contributed by atoms with Gasteiger partial charge in [0.15, 0.2) is 0 Å². The molecule has 4 N–H and O–H groups in total. The first kappa shape index (κ1) is 13.2. The zero-order valence-electron chi connectivity index (χ0n) is 6.80. The van der Waals surface area contributed by atoms with Crippen LogP contribution >= 0.6 is 21.6 Å². The van der Waals surface area contributed by atoms with Crippen molar-refractivity contribution in [2.75, 3.05) is 24.6 Å². The fourth-order valence-electron chi connectivity index (χ4n) is 0.214. The first-order chi connectivity index (χ1) is 4.91. The Morgan fingerprint density at radius 1 is 0.900 bits per heavy atom. The second-order valence-electron chi connectivity index (χ2n) is 1.22. The van der Waals surface area contributed by atoms with Crippen LogP contribution < -0.4 is 11.5 Å². The predicted octanol–water partition coefficient (Wildman–Crippen LogP) is 1.31. The molecular formula is C6H18N2S2. The predicted molar refractivity (Wildman–Crippen MR) is 54.4 cm³/mol. The van der Waals surface area contributed by atoms with Crippen molar-refractivity contribution >= 4 is 21.6 Å². The molecule has 0 saturated carbocycles. The molecule has 0 aromatic rings. The van der Waals surface area contributed by atoms with Crippen LogP contribution in [0, 0.1) is 0 Å². The monoisotopic (exact) mass is 182 g/mol. The van der Waals surface area contributed by atoms with E-state index in [1.165, 1.54) is 0 Å². The summed E-state index contributed by atoms with van der Waals surface area (Å²) in [7, 11) is 3.58. The van der Waals surface area contributed by atoms with Crippen LogP contribution in [0.3, 0.4) is 0 Å². The Hall–Kier alpha value is 0.620. The summed E-state index contributed by atoms with van der Waals surface area (Å²) in [6.45, 7) is 5.53. The summed E-state index contributed by atoms with van der Waals surface area (Å²) >= 11 is 0. The molecule has 2 nitrogen and oxygen atoms in total. The van der Waals surface area contributed by atoms with Crippen molar-refractivity contribution in [3.8, 4) is 0 Å². The Bertz CT molecular complexity index is 38.7. The number of rotatable bonds is 5. The van der Waals surface area contributed by atoms with Gasteiger partial charge in [-0.05, 0) is 0 Å². The fourth-order valence-corrected chi connectivity index (χ4v) is 1.93. The van der Waals surface area contributed by atoms with Gasteiger partial charge in [-0.1, -0.05) is 35.4 Å². The molecule has 0 aliphatic rings. The molecule has 64 valence electrons. The minimum absolute atomic E-state index is 0.766. The van der Waals surface area contributed by atoms with E-state index in [9.17, 15) is 0 Å². The second kappa shape index (κ2) is 16.3. The molecule has 0 bridgehead atoms. The maximum Gasteiger partial charge on any atom is 0.0160 e. The first-order valence-corrected chi connectivity index (χ1v) is 6.05. The molecule has 10 heavy (non-hydrogen) atoms. The van der Waals surface area contributed by atoms with E-state index in [2.05, 4.69) is 0 Å². The van der Waals surface area contributed by atoms with E-state index in [0.29, 0.717) is 0 Å². The highest BCUT2D eigenvalue weighted by atomic mass is 33.1. The third-order valence-electron chi connectivity index (χ3n) is 0.486. The molecule has 0 unspecified atom stereocenters. The van der Waals surface area contributed by atoms with Crippen LogP contribution in [-0.2, 0) is 0 Å². The van der Waals surface area contributed by atoms with Gasteiger partial charge in [0, 0.05) is 24.6 Å². The lowest BCUT2D eigenvalue weighted by molar-refractivity contribution is 1.15. The van der Waals surface area contributed by atoms with E-state index >= 15 is 0 Å². The van der Waals surface area contributed by atoms with Gasteiger partial charge in [0.2, 0.25) is 0 Å². The van der Waals surface area contributed by atoms with Gasteiger partial charge in [-0.15, -0.1) is 0 Å². The smallest absolute Gasteiger partial charge is 0.0160 e. The number of nitrogens with two attached hydrogens (primary N) is 2. The van der Waals surface area contributed by atoms with Crippen molar-refractivity contribution < 1.29 is 0 Å². The fraction of sp³-hybridized carbons (Fsp3) is 1.00. The van der Waals surface area contributed by atoms with Gasteiger partial charge < -0.3 is 11.5 Å².